The normalized spacial score (nSPS) is 10.3. The lowest BCUT2D eigenvalue weighted by Gasteiger charge is -2.06. The minimum atomic E-state index is 0.707. The van der Waals surface area contributed by atoms with Gasteiger partial charge in [-0.3, -0.25) is 0 Å². The summed E-state index contributed by atoms with van der Waals surface area (Å²) in [6, 6.07) is 2.04. The summed E-state index contributed by atoms with van der Waals surface area (Å²) in [5.41, 5.74) is 4.00. The number of thiazole rings is 1. The summed E-state index contributed by atoms with van der Waals surface area (Å²) in [5, 5.41) is 5.25. The van der Waals surface area contributed by atoms with E-state index in [1.165, 1.54) is 0 Å². The van der Waals surface area contributed by atoms with Crippen LogP contribution in [-0.4, -0.2) is 9.97 Å². The SMILES string of the molecule is Cc1cnc(NCc2cscn2)c(Br)c1. The molecule has 0 spiro atoms. The van der Waals surface area contributed by atoms with Crippen LogP contribution in [-0.2, 0) is 6.54 Å². The van der Waals surface area contributed by atoms with Crippen LogP contribution in [0.25, 0.3) is 0 Å². The van der Waals surface area contributed by atoms with Crippen LogP contribution in [0.4, 0.5) is 5.82 Å². The summed E-state index contributed by atoms with van der Waals surface area (Å²) in [7, 11) is 0. The number of anilines is 1. The summed E-state index contributed by atoms with van der Waals surface area (Å²) in [4.78, 5) is 8.49. The number of hydrogen-bond acceptors (Lipinski definition) is 4. The molecule has 2 aromatic rings. The first kappa shape index (κ1) is 10.6. The summed E-state index contributed by atoms with van der Waals surface area (Å²) < 4.78 is 0.984. The van der Waals surface area contributed by atoms with Crippen molar-refractivity contribution in [2.75, 3.05) is 5.32 Å². The molecule has 0 saturated heterocycles. The Labute approximate surface area is 101 Å². The van der Waals surface area contributed by atoms with Gasteiger partial charge in [-0.05, 0) is 34.5 Å². The van der Waals surface area contributed by atoms with Crippen LogP contribution in [0.2, 0.25) is 0 Å². The number of aromatic nitrogens is 2. The van der Waals surface area contributed by atoms with E-state index in [0.717, 1.165) is 21.5 Å². The van der Waals surface area contributed by atoms with E-state index in [0.29, 0.717) is 6.54 Å². The molecule has 1 N–H and O–H groups in total. The third kappa shape index (κ3) is 2.76. The number of rotatable bonds is 3. The van der Waals surface area contributed by atoms with Crippen LogP contribution in [0.3, 0.4) is 0 Å². The van der Waals surface area contributed by atoms with Crippen molar-refractivity contribution in [1.82, 2.24) is 9.97 Å². The van der Waals surface area contributed by atoms with Gasteiger partial charge < -0.3 is 5.32 Å². The predicted octanol–water partition coefficient (Wildman–Crippen LogP) is 3.22. The highest BCUT2D eigenvalue weighted by atomic mass is 79.9. The van der Waals surface area contributed by atoms with Gasteiger partial charge in [-0.15, -0.1) is 11.3 Å². The standard InChI is InChI=1S/C10H10BrN3S/c1-7-2-9(11)10(12-3-7)13-4-8-5-15-6-14-8/h2-3,5-6H,4H2,1H3,(H,12,13). The summed E-state index contributed by atoms with van der Waals surface area (Å²) >= 11 is 5.07. The van der Waals surface area contributed by atoms with E-state index in [2.05, 4.69) is 31.2 Å². The molecule has 0 aliphatic heterocycles. The smallest absolute Gasteiger partial charge is 0.140 e. The van der Waals surface area contributed by atoms with Crippen LogP contribution in [0, 0.1) is 6.92 Å². The first-order valence-corrected chi connectivity index (χ1v) is 6.22. The molecule has 0 aliphatic carbocycles. The second kappa shape index (κ2) is 4.72. The molecular weight excluding hydrogens is 274 g/mol. The second-order valence-corrected chi connectivity index (χ2v) is 4.75. The first-order chi connectivity index (χ1) is 7.25. The summed E-state index contributed by atoms with van der Waals surface area (Å²) in [5.74, 6) is 0.855. The number of hydrogen-bond donors (Lipinski definition) is 1. The van der Waals surface area contributed by atoms with E-state index >= 15 is 0 Å². The van der Waals surface area contributed by atoms with Gasteiger partial charge >= 0.3 is 0 Å². The average Bonchev–Trinajstić information content (AvgIpc) is 2.69. The Morgan fingerprint density at radius 2 is 2.33 bits per heavy atom. The Hall–Kier alpha value is -0.940. The van der Waals surface area contributed by atoms with Crippen LogP contribution in [0.15, 0.2) is 27.6 Å². The van der Waals surface area contributed by atoms with Crippen molar-refractivity contribution in [3.63, 3.8) is 0 Å². The molecule has 2 heterocycles. The van der Waals surface area contributed by atoms with Gasteiger partial charge in [0, 0.05) is 11.6 Å². The zero-order chi connectivity index (χ0) is 10.7. The van der Waals surface area contributed by atoms with Gasteiger partial charge in [-0.25, -0.2) is 9.97 Å². The highest BCUT2D eigenvalue weighted by Crippen LogP contribution is 2.20. The average molecular weight is 284 g/mol. The number of nitrogens with one attached hydrogen (secondary N) is 1. The predicted molar refractivity (Wildman–Crippen MR) is 66.1 cm³/mol. The third-order valence-electron chi connectivity index (χ3n) is 1.90. The topological polar surface area (TPSA) is 37.8 Å². The zero-order valence-corrected chi connectivity index (χ0v) is 10.6. The van der Waals surface area contributed by atoms with Crippen molar-refractivity contribution in [2.45, 2.75) is 13.5 Å². The van der Waals surface area contributed by atoms with E-state index in [1.54, 1.807) is 11.3 Å². The second-order valence-electron chi connectivity index (χ2n) is 3.18. The maximum absolute atomic E-state index is 4.29. The van der Waals surface area contributed by atoms with Gasteiger partial charge in [0.05, 0.1) is 22.2 Å². The fourth-order valence-electron chi connectivity index (χ4n) is 1.16. The van der Waals surface area contributed by atoms with Gasteiger partial charge in [0.1, 0.15) is 5.82 Å². The van der Waals surface area contributed by atoms with Crippen LogP contribution < -0.4 is 5.32 Å². The van der Waals surface area contributed by atoms with Crippen molar-refractivity contribution < 1.29 is 0 Å². The highest BCUT2D eigenvalue weighted by Gasteiger charge is 2.01. The Kier molecular flexibility index (Phi) is 3.33. The molecule has 0 radical (unpaired) electrons. The minimum absolute atomic E-state index is 0.707. The lowest BCUT2D eigenvalue weighted by atomic mass is 10.3. The zero-order valence-electron chi connectivity index (χ0n) is 8.20. The first-order valence-electron chi connectivity index (χ1n) is 4.49. The molecule has 0 bridgehead atoms. The van der Waals surface area contributed by atoms with Crippen LogP contribution in [0.5, 0.6) is 0 Å². The molecule has 78 valence electrons. The quantitative estimate of drug-likeness (QED) is 0.940. The molecule has 0 aromatic carbocycles. The highest BCUT2D eigenvalue weighted by molar-refractivity contribution is 9.10. The molecule has 0 atom stereocenters. The lowest BCUT2D eigenvalue weighted by molar-refractivity contribution is 1.05. The van der Waals surface area contributed by atoms with E-state index in [1.807, 2.05) is 30.1 Å². The molecule has 2 rings (SSSR count). The molecule has 3 nitrogen and oxygen atoms in total. The van der Waals surface area contributed by atoms with Crippen molar-refractivity contribution in [2.24, 2.45) is 0 Å². The van der Waals surface area contributed by atoms with Gasteiger partial charge in [0.2, 0.25) is 0 Å². The minimum Gasteiger partial charge on any atom is -0.363 e. The molecule has 5 heteroatoms. The van der Waals surface area contributed by atoms with Crippen LogP contribution >= 0.6 is 27.3 Å². The molecular formula is C10H10BrN3S. The molecule has 15 heavy (non-hydrogen) atoms. The fraction of sp³-hybridized carbons (Fsp3) is 0.200. The van der Waals surface area contributed by atoms with Crippen molar-refractivity contribution in [3.8, 4) is 0 Å². The largest absolute Gasteiger partial charge is 0.363 e. The van der Waals surface area contributed by atoms with E-state index in [-0.39, 0.29) is 0 Å². The number of halogens is 1. The van der Waals surface area contributed by atoms with Gasteiger partial charge in [0.15, 0.2) is 0 Å². The fourth-order valence-corrected chi connectivity index (χ4v) is 2.32. The molecule has 0 unspecified atom stereocenters. The van der Waals surface area contributed by atoms with Crippen molar-refractivity contribution >= 4 is 33.1 Å². The molecule has 0 amide bonds. The Morgan fingerprint density at radius 1 is 1.47 bits per heavy atom. The Bertz CT molecular complexity index is 442. The van der Waals surface area contributed by atoms with Gasteiger partial charge in [0.25, 0.3) is 0 Å². The Morgan fingerprint density at radius 3 is 3.00 bits per heavy atom. The molecule has 0 aliphatic rings. The third-order valence-corrected chi connectivity index (χ3v) is 3.14. The molecule has 2 aromatic heterocycles. The van der Waals surface area contributed by atoms with E-state index in [4.69, 9.17) is 0 Å². The molecule has 0 saturated carbocycles. The van der Waals surface area contributed by atoms with Gasteiger partial charge in [-0.2, -0.15) is 0 Å². The summed E-state index contributed by atoms with van der Waals surface area (Å²) in [6.45, 7) is 2.72. The number of pyridine rings is 1. The van der Waals surface area contributed by atoms with Crippen molar-refractivity contribution in [1.29, 1.82) is 0 Å². The lowest BCUT2D eigenvalue weighted by Crippen LogP contribution is -2.02. The summed E-state index contributed by atoms with van der Waals surface area (Å²) in [6.07, 6.45) is 1.84. The Balaban J connectivity index is 2.05. The molecule has 0 fully saturated rings. The maximum Gasteiger partial charge on any atom is 0.140 e. The van der Waals surface area contributed by atoms with E-state index < -0.39 is 0 Å². The number of nitrogens with zero attached hydrogens (tertiary/aromatic N) is 2. The van der Waals surface area contributed by atoms with Crippen molar-refractivity contribution in [3.05, 3.63) is 38.9 Å². The van der Waals surface area contributed by atoms with Crippen LogP contribution in [0.1, 0.15) is 11.3 Å². The number of aryl methyl sites for hydroxylation is 1. The van der Waals surface area contributed by atoms with E-state index in [9.17, 15) is 0 Å². The maximum atomic E-state index is 4.29. The van der Waals surface area contributed by atoms with Gasteiger partial charge in [-0.1, -0.05) is 0 Å². The monoisotopic (exact) mass is 283 g/mol.